The molecule has 0 aliphatic heterocycles. The smallest absolute Gasteiger partial charge is 0.134 e. The standard InChI is InChI=1S/C16H33NO/c1-3-4-5-6-7-8-9-10-11-12-13-16(18)14-15(2)17/h15H,3-14,17H2,1-2H3. The van der Waals surface area contributed by atoms with Crippen LogP contribution in [0.5, 0.6) is 0 Å². The third-order valence-corrected chi connectivity index (χ3v) is 3.36. The zero-order chi connectivity index (χ0) is 13.6. The van der Waals surface area contributed by atoms with Gasteiger partial charge in [-0.3, -0.25) is 4.79 Å². The number of carbonyl (C=O) groups excluding carboxylic acids is 1. The summed E-state index contributed by atoms with van der Waals surface area (Å²) < 4.78 is 0. The van der Waals surface area contributed by atoms with Crippen LogP contribution in [0.4, 0.5) is 0 Å². The van der Waals surface area contributed by atoms with Gasteiger partial charge in [0.15, 0.2) is 0 Å². The van der Waals surface area contributed by atoms with E-state index in [9.17, 15) is 4.79 Å². The van der Waals surface area contributed by atoms with E-state index in [-0.39, 0.29) is 6.04 Å². The molecule has 0 spiro atoms. The van der Waals surface area contributed by atoms with E-state index in [1.165, 1.54) is 57.8 Å². The van der Waals surface area contributed by atoms with Crippen LogP contribution in [0, 0.1) is 0 Å². The van der Waals surface area contributed by atoms with Crippen LogP contribution >= 0.6 is 0 Å². The summed E-state index contributed by atoms with van der Waals surface area (Å²) in [4.78, 5) is 11.4. The Bertz CT molecular complexity index is 190. The molecule has 0 saturated carbocycles. The fourth-order valence-electron chi connectivity index (χ4n) is 2.27. The van der Waals surface area contributed by atoms with Crippen LogP contribution in [0.25, 0.3) is 0 Å². The van der Waals surface area contributed by atoms with Crippen LogP contribution in [0.1, 0.15) is 90.9 Å². The molecular weight excluding hydrogens is 222 g/mol. The summed E-state index contributed by atoms with van der Waals surface area (Å²) in [6.45, 7) is 4.16. The van der Waals surface area contributed by atoms with Crippen LogP contribution in [0.15, 0.2) is 0 Å². The summed E-state index contributed by atoms with van der Waals surface area (Å²) in [6.07, 6.45) is 14.5. The molecule has 0 saturated heterocycles. The molecule has 0 heterocycles. The van der Waals surface area contributed by atoms with Gasteiger partial charge in [-0.1, -0.05) is 64.7 Å². The van der Waals surface area contributed by atoms with E-state index in [0.29, 0.717) is 12.2 Å². The highest BCUT2D eigenvalue weighted by atomic mass is 16.1. The molecule has 0 aromatic carbocycles. The number of ketones is 1. The molecule has 2 heteroatoms. The summed E-state index contributed by atoms with van der Waals surface area (Å²) in [5.74, 6) is 0.338. The fourth-order valence-corrected chi connectivity index (χ4v) is 2.27. The van der Waals surface area contributed by atoms with E-state index in [2.05, 4.69) is 6.92 Å². The molecule has 18 heavy (non-hydrogen) atoms. The van der Waals surface area contributed by atoms with E-state index >= 15 is 0 Å². The van der Waals surface area contributed by atoms with Gasteiger partial charge >= 0.3 is 0 Å². The monoisotopic (exact) mass is 255 g/mol. The van der Waals surface area contributed by atoms with Crippen LogP contribution in [-0.4, -0.2) is 11.8 Å². The number of hydrogen-bond acceptors (Lipinski definition) is 2. The molecule has 1 unspecified atom stereocenters. The van der Waals surface area contributed by atoms with Crippen molar-refractivity contribution in [3.63, 3.8) is 0 Å². The Morgan fingerprint density at radius 1 is 0.889 bits per heavy atom. The quantitative estimate of drug-likeness (QED) is 0.489. The van der Waals surface area contributed by atoms with Crippen molar-refractivity contribution in [1.29, 1.82) is 0 Å². The molecule has 0 aliphatic carbocycles. The summed E-state index contributed by atoms with van der Waals surface area (Å²) in [5, 5.41) is 0. The molecule has 0 aromatic heterocycles. The van der Waals surface area contributed by atoms with Crippen molar-refractivity contribution in [2.45, 2.75) is 96.9 Å². The van der Waals surface area contributed by atoms with E-state index in [1.807, 2.05) is 6.92 Å². The Morgan fingerprint density at radius 2 is 1.33 bits per heavy atom. The zero-order valence-electron chi connectivity index (χ0n) is 12.5. The molecule has 0 radical (unpaired) electrons. The molecule has 0 fully saturated rings. The third-order valence-electron chi connectivity index (χ3n) is 3.36. The highest BCUT2D eigenvalue weighted by Crippen LogP contribution is 2.11. The van der Waals surface area contributed by atoms with Gasteiger partial charge in [-0.2, -0.15) is 0 Å². The number of nitrogens with two attached hydrogens (primary N) is 1. The van der Waals surface area contributed by atoms with Gasteiger partial charge in [0.05, 0.1) is 0 Å². The summed E-state index contributed by atoms with van der Waals surface area (Å²) in [5.41, 5.74) is 5.59. The molecule has 2 nitrogen and oxygen atoms in total. The van der Waals surface area contributed by atoms with Crippen molar-refractivity contribution in [2.24, 2.45) is 5.73 Å². The lowest BCUT2D eigenvalue weighted by Gasteiger charge is -2.04. The maximum absolute atomic E-state index is 11.4. The molecular formula is C16H33NO. The van der Waals surface area contributed by atoms with Gasteiger partial charge in [0.2, 0.25) is 0 Å². The molecule has 0 rings (SSSR count). The molecule has 0 aliphatic rings. The second-order valence-corrected chi connectivity index (χ2v) is 5.65. The van der Waals surface area contributed by atoms with Gasteiger partial charge in [0.1, 0.15) is 5.78 Å². The Hall–Kier alpha value is -0.370. The zero-order valence-corrected chi connectivity index (χ0v) is 12.5. The van der Waals surface area contributed by atoms with Crippen LogP contribution < -0.4 is 5.73 Å². The van der Waals surface area contributed by atoms with Crippen molar-refractivity contribution in [1.82, 2.24) is 0 Å². The first kappa shape index (κ1) is 17.6. The van der Waals surface area contributed by atoms with E-state index in [0.717, 1.165) is 12.8 Å². The van der Waals surface area contributed by atoms with Crippen LogP contribution in [0.3, 0.4) is 0 Å². The SMILES string of the molecule is CCCCCCCCCCCCC(=O)CC(C)N. The topological polar surface area (TPSA) is 43.1 Å². The number of hydrogen-bond donors (Lipinski definition) is 1. The first-order valence-corrected chi connectivity index (χ1v) is 7.94. The maximum atomic E-state index is 11.4. The lowest BCUT2D eigenvalue weighted by atomic mass is 10.0. The molecule has 1 atom stereocenters. The Labute approximate surface area is 114 Å². The van der Waals surface area contributed by atoms with Crippen molar-refractivity contribution in [3.8, 4) is 0 Å². The number of rotatable bonds is 13. The van der Waals surface area contributed by atoms with Gasteiger partial charge < -0.3 is 5.73 Å². The van der Waals surface area contributed by atoms with Gasteiger partial charge in [0.25, 0.3) is 0 Å². The normalized spacial score (nSPS) is 12.6. The highest BCUT2D eigenvalue weighted by Gasteiger charge is 2.04. The van der Waals surface area contributed by atoms with Crippen molar-refractivity contribution in [2.75, 3.05) is 0 Å². The molecule has 0 bridgehead atoms. The first-order chi connectivity index (χ1) is 8.66. The van der Waals surface area contributed by atoms with Gasteiger partial charge in [0, 0.05) is 18.9 Å². The average molecular weight is 255 g/mol. The third kappa shape index (κ3) is 13.7. The van der Waals surface area contributed by atoms with E-state index in [1.54, 1.807) is 0 Å². The van der Waals surface area contributed by atoms with Crippen molar-refractivity contribution < 1.29 is 4.79 Å². The predicted molar refractivity (Wildman–Crippen MR) is 79.7 cm³/mol. The number of unbranched alkanes of at least 4 members (excludes halogenated alkanes) is 9. The Morgan fingerprint density at radius 3 is 1.78 bits per heavy atom. The molecule has 108 valence electrons. The Kier molecular flexibility index (Phi) is 12.8. The minimum atomic E-state index is 0.0284. The summed E-state index contributed by atoms with van der Waals surface area (Å²) in [6, 6.07) is 0.0284. The van der Waals surface area contributed by atoms with Gasteiger partial charge in [-0.15, -0.1) is 0 Å². The van der Waals surface area contributed by atoms with Crippen LogP contribution in [0.2, 0.25) is 0 Å². The summed E-state index contributed by atoms with van der Waals surface area (Å²) in [7, 11) is 0. The van der Waals surface area contributed by atoms with Crippen molar-refractivity contribution >= 4 is 5.78 Å². The van der Waals surface area contributed by atoms with E-state index in [4.69, 9.17) is 5.73 Å². The maximum Gasteiger partial charge on any atom is 0.134 e. The summed E-state index contributed by atoms with van der Waals surface area (Å²) >= 11 is 0. The van der Waals surface area contributed by atoms with Gasteiger partial charge in [-0.25, -0.2) is 0 Å². The fraction of sp³-hybridized carbons (Fsp3) is 0.938. The van der Waals surface area contributed by atoms with Crippen LogP contribution in [-0.2, 0) is 4.79 Å². The predicted octanol–water partition coefficient (Wildman–Crippen LogP) is 4.60. The largest absolute Gasteiger partial charge is 0.328 e. The molecule has 2 N–H and O–H groups in total. The number of Topliss-reactive ketones (excluding diaryl/α,β-unsaturated/α-hetero) is 1. The minimum Gasteiger partial charge on any atom is -0.328 e. The second kappa shape index (κ2) is 13.1. The number of carbonyl (C=O) groups is 1. The first-order valence-electron chi connectivity index (χ1n) is 7.94. The van der Waals surface area contributed by atoms with Gasteiger partial charge in [-0.05, 0) is 13.3 Å². The molecule has 0 amide bonds. The lowest BCUT2D eigenvalue weighted by Crippen LogP contribution is -2.19. The Balaban J connectivity index is 3.09. The molecule has 0 aromatic rings. The second-order valence-electron chi connectivity index (χ2n) is 5.65. The minimum absolute atomic E-state index is 0.0284. The van der Waals surface area contributed by atoms with E-state index < -0.39 is 0 Å². The lowest BCUT2D eigenvalue weighted by molar-refractivity contribution is -0.119. The van der Waals surface area contributed by atoms with Crippen molar-refractivity contribution in [3.05, 3.63) is 0 Å². The average Bonchev–Trinajstić information content (AvgIpc) is 2.30. The highest BCUT2D eigenvalue weighted by molar-refractivity contribution is 5.78.